The number of halogens is 1. The molecular formula is C23H26FN3O2. The summed E-state index contributed by atoms with van der Waals surface area (Å²) in [5, 5.41) is 3.09. The highest BCUT2D eigenvalue weighted by molar-refractivity contribution is 5.97. The molecule has 0 atom stereocenters. The lowest BCUT2D eigenvalue weighted by molar-refractivity contribution is -0.127. The number of hydrogen-bond donors (Lipinski definition) is 2. The maximum atomic E-state index is 13.7. The van der Waals surface area contributed by atoms with Gasteiger partial charge in [0.25, 0.3) is 0 Å². The number of fused-ring (bicyclic) bond motifs is 1. The summed E-state index contributed by atoms with van der Waals surface area (Å²) in [4.78, 5) is 26.4. The molecule has 0 aromatic heterocycles. The first-order chi connectivity index (χ1) is 14.0. The molecule has 0 radical (unpaired) electrons. The quantitative estimate of drug-likeness (QED) is 0.805. The number of primary amides is 1. The Morgan fingerprint density at radius 3 is 2.62 bits per heavy atom. The molecule has 29 heavy (non-hydrogen) atoms. The Balaban J connectivity index is 1.55. The van der Waals surface area contributed by atoms with E-state index in [2.05, 4.69) is 5.32 Å². The van der Waals surface area contributed by atoms with Gasteiger partial charge in [-0.3, -0.25) is 9.69 Å². The smallest absolute Gasteiger partial charge is 0.319 e. The molecular weight excluding hydrogens is 369 g/mol. The van der Waals surface area contributed by atoms with Crippen LogP contribution in [-0.2, 0) is 17.6 Å². The molecule has 4 rings (SSSR count). The van der Waals surface area contributed by atoms with Crippen molar-refractivity contribution in [2.24, 2.45) is 11.1 Å². The lowest BCUT2D eigenvalue weighted by Crippen LogP contribution is -2.40. The average molecular weight is 395 g/mol. The Hall–Kier alpha value is -2.89. The van der Waals surface area contributed by atoms with Gasteiger partial charge in [-0.25, -0.2) is 9.18 Å². The van der Waals surface area contributed by atoms with Crippen molar-refractivity contribution in [1.82, 2.24) is 0 Å². The van der Waals surface area contributed by atoms with Gasteiger partial charge in [-0.2, -0.15) is 0 Å². The Bertz CT molecular complexity index is 937. The van der Waals surface area contributed by atoms with Gasteiger partial charge in [0.15, 0.2) is 0 Å². The number of benzene rings is 2. The molecule has 2 aliphatic rings. The summed E-state index contributed by atoms with van der Waals surface area (Å²) in [6.45, 7) is 0.561. The molecule has 152 valence electrons. The summed E-state index contributed by atoms with van der Waals surface area (Å²) in [6.07, 6.45) is 5.99. The van der Waals surface area contributed by atoms with Crippen LogP contribution in [0.25, 0.3) is 0 Å². The van der Waals surface area contributed by atoms with Gasteiger partial charge < -0.3 is 11.1 Å². The zero-order valence-electron chi connectivity index (χ0n) is 16.4. The summed E-state index contributed by atoms with van der Waals surface area (Å²) in [7, 11) is 0. The average Bonchev–Trinajstić information content (AvgIpc) is 3.12. The first-order valence-electron chi connectivity index (χ1n) is 10.2. The number of carbonyl (C=O) groups is 2. The van der Waals surface area contributed by atoms with E-state index >= 15 is 0 Å². The fraction of sp³-hybridized carbons (Fsp3) is 0.391. The molecule has 0 bridgehead atoms. The molecule has 2 aromatic rings. The monoisotopic (exact) mass is 395 g/mol. The normalized spacial score (nSPS) is 17.6. The van der Waals surface area contributed by atoms with Crippen molar-refractivity contribution in [3.8, 4) is 0 Å². The van der Waals surface area contributed by atoms with Gasteiger partial charge in [-0.05, 0) is 67.1 Å². The lowest BCUT2D eigenvalue weighted by atomic mass is 9.69. The van der Waals surface area contributed by atoms with Crippen molar-refractivity contribution in [3.05, 3.63) is 59.4 Å². The molecule has 1 saturated carbocycles. The number of nitrogens with zero attached hydrogens (tertiary/aromatic N) is 1. The van der Waals surface area contributed by atoms with Crippen LogP contribution in [0, 0.1) is 11.2 Å². The Morgan fingerprint density at radius 1 is 1.10 bits per heavy atom. The number of urea groups is 1. The maximum Gasteiger partial charge on any atom is 0.319 e. The van der Waals surface area contributed by atoms with E-state index in [1.807, 2.05) is 24.3 Å². The van der Waals surface area contributed by atoms with Crippen LogP contribution < -0.4 is 16.0 Å². The standard InChI is InChI=1S/C23H26FN3O2/c24-18-6-4-5-16(13-18)15-23(10-2-1-3-11-23)21(28)26-19-7-8-20-17(14-19)9-12-27(20)22(25)29/h4-8,13-14H,1-3,9-12,15H2,(H2,25,29)(H,26,28). The van der Waals surface area contributed by atoms with Crippen molar-refractivity contribution in [1.29, 1.82) is 0 Å². The van der Waals surface area contributed by atoms with Gasteiger partial charge in [0, 0.05) is 17.9 Å². The third kappa shape index (κ3) is 3.97. The van der Waals surface area contributed by atoms with Gasteiger partial charge in [0.1, 0.15) is 5.82 Å². The number of hydrogen-bond acceptors (Lipinski definition) is 2. The number of nitrogens with two attached hydrogens (primary N) is 1. The summed E-state index contributed by atoms with van der Waals surface area (Å²) < 4.78 is 13.7. The second kappa shape index (κ2) is 7.85. The third-order valence-corrected chi connectivity index (χ3v) is 6.22. The Morgan fingerprint density at radius 2 is 1.90 bits per heavy atom. The van der Waals surface area contributed by atoms with E-state index in [0.29, 0.717) is 13.0 Å². The minimum absolute atomic E-state index is 0.00818. The molecule has 0 saturated heterocycles. The van der Waals surface area contributed by atoms with Gasteiger partial charge >= 0.3 is 6.03 Å². The number of rotatable bonds is 4. The van der Waals surface area contributed by atoms with Gasteiger partial charge in [0.2, 0.25) is 5.91 Å². The van der Waals surface area contributed by atoms with Gasteiger partial charge in [-0.1, -0.05) is 31.4 Å². The van der Waals surface area contributed by atoms with Crippen LogP contribution in [0.2, 0.25) is 0 Å². The van der Waals surface area contributed by atoms with E-state index in [1.54, 1.807) is 11.0 Å². The summed E-state index contributed by atoms with van der Waals surface area (Å²) >= 11 is 0. The molecule has 2 aromatic carbocycles. The number of nitrogens with one attached hydrogen (secondary N) is 1. The Labute approximate surface area is 170 Å². The van der Waals surface area contributed by atoms with E-state index < -0.39 is 11.4 Å². The van der Waals surface area contributed by atoms with Crippen molar-refractivity contribution in [2.75, 3.05) is 16.8 Å². The van der Waals surface area contributed by atoms with Crippen molar-refractivity contribution >= 4 is 23.3 Å². The molecule has 0 spiro atoms. The molecule has 1 heterocycles. The molecule has 1 aliphatic heterocycles. The molecule has 1 fully saturated rings. The van der Waals surface area contributed by atoms with E-state index in [-0.39, 0.29) is 11.7 Å². The lowest BCUT2D eigenvalue weighted by Gasteiger charge is -2.36. The first-order valence-corrected chi connectivity index (χ1v) is 10.2. The fourth-order valence-corrected chi connectivity index (χ4v) is 4.72. The second-order valence-corrected chi connectivity index (χ2v) is 8.19. The zero-order chi connectivity index (χ0) is 20.4. The molecule has 3 N–H and O–H groups in total. The van der Waals surface area contributed by atoms with E-state index in [9.17, 15) is 14.0 Å². The van der Waals surface area contributed by atoms with E-state index in [0.717, 1.165) is 61.0 Å². The van der Waals surface area contributed by atoms with Crippen LogP contribution >= 0.6 is 0 Å². The van der Waals surface area contributed by atoms with E-state index in [1.165, 1.54) is 12.1 Å². The molecule has 6 heteroatoms. The minimum atomic E-state index is -0.523. The predicted octanol–water partition coefficient (Wildman–Crippen LogP) is 4.40. The van der Waals surface area contributed by atoms with E-state index in [4.69, 9.17) is 5.73 Å². The molecule has 5 nitrogen and oxygen atoms in total. The maximum absolute atomic E-state index is 13.7. The van der Waals surface area contributed by atoms with Crippen LogP contribution in [0.3, 0.4) is 0 Å². The summed E-state index contributed by atoms with van der Waals surface area (Å²) in [6, 6.07) is 11.7. The van der Waals surface area contributed by atoms with Crippen LogP contribution in [-0.4, -0.2) is 18.5 Å². The SMILES string of the molecule is NC(=O)N1CCc2cc(NC(=O)C3(Cc4cccc(F)c4)CCCCC3)ccc21. The molecule has 3 amide bonds. The highest BCUT2D eigenvalue weighted by atomic mass is 19.1. The first kappa shape index (κ1) is 19.4. The number of carbonyl (C=O) groups excluding carboxylic acids is 2. The van der Waals surface area contributed by atoms with Crippen molar-refractivity contribution in [3.63, 3.8) is 0 Å². The van der Waals surface area contributed by atoms with Gasteiger partial charge in [0.05, 0.1) is 5.41 Å². The van der Waals surface area contributed by atoms with Crippen LogP contribution in [0.4, 0.5) is 20.6 Å². The molecule has 1 aliphatic carbocycles. The zero-order valence-corrected chi connectivity index (χ0v) is 16.4. The van der Waals surface area contributed by atoms with Crippen LogP contribution in [0.15, 0.2) is 42.5 Å². The van der Waals surface area contributed by atoms with Crippen molar-refractivity contribution in [2.45, 2.75) is 44.9 Å². The van der Waals surface area contributed by atoms with Crippen LogP contribution in [0.1, 0.15) is 43.2 Å². The van der Waals surface area contributed by atoms with Crippen molar-refractivity contribution < 1.29 is 14.0 Å². The fourth-order valence-electron chi connectivity index (χ4n) is 4.72. The largest absolute Gasteiger partial charge is 0.351 e. The second-order valence-electron chi connectivity index (χ2n) is 8.19. The Kier molecular flexibility index (Phi) is 5.26. The number of anilines is 2. The third-order valence-electron chi connectivity index (χ3n) is 6.22. The van der Waals surface area contributed by atoms with Crippen LogP contribution in [0.5, 0.6) is 0 Å². The summed E-state index contributed by atoms with van der Waals surface area (Å²) in [5.74, 6) is -0.280. The minimum Gasteiger partial charge on any atom is -0.351 e. The van der Waals surface area contributed by atoms with Gasteiger partial charge in [-0.15, -0.1) is 0 Å². The molecule has 0 unspecified atom stereocenters. The summed E-state index contributed by atoms with van der Waals surface area (Å²) in [5.41, 5.74) is 8.29. The highest BCUT2D eigenvalue weighted by Gasteiger charge is 2.39. The topological polar surface area (TPSA) is 75.4 Å². The predicted molar refractivity (Wildman–Crippen MR) is 111 cm³/mol. The number of amides is 3. The highest BCUT2D eigenvalue weighted by Crippen LogP contribution is 2.41.